The molecule has 7 heteroatoms. The van der Waals surface area contributed by atoms with E-state index in [-0.39, 0.29) is 6.10 Å². The fraction of sp³-hybridized carbons (Fsp3) is 0.333. The zero-order chi connectivity index (χ0) is 19.5. The highest BCUT2D eigenvalue weighted by Gasteiger charge is 2.13. The molecule has 0 aliphatic heterocycles. The third-order valence-electron chi connectivity index (χ3n) is 4.73. The number of nitrogen functional groups attached to an aromatic ring is 1. The van der Waals surface area contributed by atoms with Crippen molar-refractivity contribution < 1.29 is 4.74 Å². The molecule has 3 heterocycles. The Morgan fingerprint density at radius 3 is 3.00 bits per heavy atom. The van der Waals surface area contributed by atoms with Gasteiger partial charge in [0.15, 0.2) is 5.82 Å². The Labute approximate surface area is 163 Å². The molecule has 0 aliphatic carbocycles. The second-order valence-corrected chi connectivity index (χ2v) is 7.18. The van der Waals surface area contributed by atoms with Gasteiger partial charge in [0.1, 0.15) is 5.65 Å². The summed E-state index contributed by atoms with van der Waals surface area (Å²) >= 11 is 0. The highest BCUT2D eigenvalue weighted by molar-refractivity contribution is 5.91. The Balaban J connectivity index is 1.60. The summed E-state index contributed by atoms with van der Waals surface area (Å²) in [5, 5.41) is 12.6. The average Bonchev–Trinajstić information content (AvgIpc) is 3.24. The van der Waals surface area contributed by atoms with Crippen molar-refractivity contribution in [3.63, 3.8) is 0 Å². The summed E-state index contributed by atoms with van der Waals surface area (Å²) in [5.41, 5.74) is 10.0. The number of aromatic nitrogens is 4. The summed E-state index contributed by atoms with van der Waals surface area (Å²) in [4.78, 5) is 4.61. The van der Waals surface area contributed by atoms with Crippen LogP contribution in [0.2, 0.25) is 0 Å². The number of H-pyrrole nitrogens is 1. The molecule has 0 bridgehead atoms. The number of hydrogen-bond donors (Lipinski definition) is 3. The van der Waals surface area contributed by atoms with Crippen molar-refractivity contribution >= 4 is 27.8 Å². The second-order valence-electron chi connectivity index (χ2n) is 7.18. The summed E-state index contributed by atoms with van der Waals surface area (Å²) in [6, 6.07) is 12.4. The van der Waals surface area contributed by atoms with Gasteiger partial charge in [-0.1, -0.05) is 0 Å². The maximum Gasteiger partial charge on any atom is 0.153 e. The van der Waals surface area contributed by atoms with Gasteiger partial charge in [-0.05, 0) is 63.2 Å². The van der Waals surface area contributed by atoms with Crippen molar-refractivity contribution in [2.75, 3.05) is 18.9 Å². The quantitative estimate of drug-likeness (QED) is 0.409. The number of nitrogens with two attached hydrogens (primary N) is 1. The van der Waals surface area contributed by atoms with Crippen LogP contribution in [-0.4, -0.2) is 39.0 Å². The molecule has 0 saturated carbocycles. The molecular weight excluding hydrogens is 352 g/mol. The van der Waals surface area contributed by atoms with Crippen LogP contribution in [0, 0.1) is 0 Å². The summed E-state index contributed by atoms with van der Waals surface area (Å²) in [5.74, 6) is 0.506. The molecule has 0 aliphatic rings. The van der Waals surface area contributed by atoms with Gasteiger partial charge < -0.3 is 15.8 Å². The average molecular weight is 378 g/mol. The highest BCUT2D eigenvalue weighted by atomic mass is 16.5. The predicted octanol–water partition coefficient (Wildman–Crippen LogP) is 3.39. The van der Waals surface area contributed by atoms with E-state index in [1.807, 2.05) is 18.3 Å². The monoisotopic (exact) mass is 378 g/mol. The van der Waals surface area contributed by atoms with Crippen molar-refractivity contribution in [1.82, 2.24) is 25.1 Å². The molecule has 1 aromatic carbocycles. The molecule has 28 heavy (non-hydrogen) atoms. The van der Waals surface area contributed by atoms with Crippen LogP contribution < -0.4 is 11.1 Å². The van der Waals surface area contributed by atoms with Gasteiger partial charge in [-0.2, -0.15) is 5.10 Å². The molecule has 4 aromatic rings. The number of nitrogens with zero attached hydrogens (tertiary/aromatic N) is 3. The summed E-state index contributed by atoms with van der Waals surface area (Å²) in [6.07, 6.45) is 3.08. The van der Waals surface area contributed by atoms with Gasteiger partial charge >= 0.3 is 0 Å². The molecule has 146 valence electrons. The molecule has 0 spiro atoms. The lowest BCUT2D eigenvalue weighted by Crippen LogP contribution is -2.19. The van der Waals surface area contributed by atoms with Crippen LogP contribution in [-0.2, 0) is 11.3 Å². The predicted molar refractivity (Wildman–Crippen MR) is 113 cm³/mol. The van der Waals surface area contributed by atoms with Gasteiger partial charge in [-0.25, -0.2) is 4.98 Å². The first kappa shape index (κ1) is 18.5. The third-order valence-corrected chi connectivity index (χ3v) is 4.73. The standard InChI is InChI=1S/C21H26N6O/c1-14(2)28-10-4-8-23-13-17-11-15-5-3-9-24-21(15)27(17)16-6-7-19-18(12-16)20(22)26-25-19/h3,5-7,9,11-12,14,23H,4,8,10,13H2,1-2H3,(H3,22,25,26). The lowest BCUT2D eigenvalue weighted by Gasteiger charge is -2.12. The Bertz CT molecular complexity index is 1080. The lowest BCUT2D eigenvalue weighted by atomic mass is 10.2. The van der Waals surface area contributed by atoms with Crippen LogP contribution in [0.1, 0.15) is 26.0 Å². The van der Waals surface area contributed by atoms with Gasteiger partial charge in [-0.3, -0.25) is 9.67 Å². The fourth-order valence-corrected chi connectivity index (χ4v) is 3.40. The van der Waals surface area contributed by atoms with E-state index in [9.17, 15) is 0 Å². The number of ether oxygens (including phenoxy) is 1. The number of anilines is 1. The van der Waals surface area contributed by atoms with Gasteiger partial charge in [-0.15, -0.1) is 0 Å². The molecule has 0 atom stereocenters. The van der Waals surface area contributed by atoms with Crippen LogP contribution in [0.15, 0.2) is 42.6 Å². The summed E-state index contributed by atoms with van der Waals surface area (Å²) < 4.78 is 7.78. The molecule has 0 saturated heterocycles. The minimum absolute atomic E-state index is 0.277. The van der Waals surface area contributed by atoms with E-state index in [4.69, 9.17) is 10.5 Å². The van der Waals surface area contributed by atoms with Crippen molar-refractivity contribution in [3.05, 3.63) is 48.3 Å². The van der Waals surface area contributed by atoms with Crippen LogP contribution in [0.3, 0.4) is 0 Å². The first-order chi connectivity index (χ1) is 13.6. The van der Waals surface area contributed by atoms with E-state index < -0.39 is 0 Å². The van der Waals surface area contributed by atoms with E-state index in [1.165, 1.54) is 0 Å². The van der Waals surface area contributed by atoms with E-state index >= 15 is 0 Å². The molecular formula is C21H26N6O. The minimum Gasteiger partial charge on any atom is -0.382 e. The molecule has 0 radical (unpaired) electrons. The zero-order valence-electron chi connectivity index (χ0n) is 16.3. The maximum atomic E-state index is 6.01. The van der Waals surface area contributed by atoms with E-state index in [2.05, 4.69) is 63.2 Å². The Kier molecular flexibility index (Phi) is 5.27. The molecule has 3 aromatic heterocycles. The third kappa shape index (κ3) is 3.72. The van der Waals surface area contributed by atoms with Crippen molar-refractivity contribution in [2.45, 2.75) is 32.9 Å². The zero-order valence-corrected chi connectivity index (χ0v) is 16.3. The van der Waals surface area contributed by atoms with Gasteiger partial charge in [0.2, 0.25) is 0 Å². The van der Waals surface area contributed by atoms with Gasteiger partial charge in [0, 0.05) is 41.5 Å². The van der Waals surface area contributed by atoms with Crippen LogP contribution >= 0.6 is 0 Å². The number of aromatic amines is 1. The van der Waals surface area contributed by atoms with Gasteiger partial charge in [0.25, 0.3) is 0 Å². The maximum absolute atomic E-state index is 6.01. The second kappa shape index (κ2) is 8.00. The largest absolute Gasteiger partial charge is 0.382 e. The van der Waals surface area contributed by atoms with Crippen LogP contribution in [0.4, 0.5) is 5.82 Å². The molecule has 0 fully saturated rings. The number of nitrogens with one attached hydrogen (secondary N) is 2. The molecule has 0 unspecified atom stereocenters. The smallest absolute Gasteiger partial charge is 0.153 e. The summed E-state index contributed by atoms with van der Waals surface area (Å²) in [6.45, 7) is 6.53. The van der Waals surface area contributed by atoms with Crippen molar-refractivity contribution in [2.24, 2.45) is 0 Å². The van der Waals surface area contributed by atoms with E-state index in [0.717, 1.165) is 59.4 Å². The minimum atomic E-state index is 0.277. The van der Waals surface area contributed by atoms with Crippen LogP contribution in [0.5, 0.6) is 0 Å². The molecule has 7 nitrogen and oxygen atoms in total. The van der Waals surface area contributed by atoms with Gasteiger partial charge in [0.05, 0.1) is 11.6 Å². The number of hydrogen-bond acceptors (Lipinski definition) is 5. The normalized spacial score (nSPS) is 11.8. The number of benzene rings is 1. The Hall–Kier alpha value is -2.90. The SMILES string of the molecule is CC(C)OCCCNCc1cc2cccnc2n1-c1ccc2[nH]nc(N)c2c1. The number of fused-ring (bicyclic) bond motifs is 2. The molecule has 4 N–H and O–H groups in total. The van der Waals surface area contributed by atoms with Crippen molar-refractivity contribution in [3.8, 4) is 5.69 Å². The topological polar surface area (TPSA) is 93.8 Å². The van der Waals surface area contributed by atoms with Crippen LogP contribution in [0.25, 0.3) is 27.6 Å². The molecule has 0 amide bonds. The Morgan fingerprint density at radius 2 is 2.14 bits per heavy atom. The fourth-order valence-electron chi connectivity index (χ4n) is 3.40. The van der Waals surface area contributed by atoms with Crippen molar-refractivity contribution in [1.29, 1.82) is 0 Å². The highest BCUT2D eigenvalue weighted by Crippen LogP contribution is 2.26. The number of pyridine rings is 1. The van der Waals surface area contributed by atoms with E-state index in [1.54, 1.807) is 0 Å². The summed E-state index contributed by atoms with van der Waals surface area (Å²) in [7, 11) is 0. The Morgan fingerprint density at radius 1 is 1.25 bits per heavy atom. The first-order valence-electron chi connectivity index (χ1n) is 9.65. The van der Waals surface area contributed by atoms with E-state index in [0.29, 0.717) is 5.82 Å². The molecule has 4 rings (SSSR count). The number of rotatable bonds is 8. The first-order valence-corrected chi connectivity index (χ1v) is 9.65. The lowest BCUT2D eigenvalue weighted by molar-refractivity contribution is 0.0770.